The van der Waals surface area contributed by atoms with Crippen molar-refractivity contribution in [2.75, 3.05) is 6.61 Å². The second-order valence-electron chi connectivity index (χ2n) is 4.50. The predicted molar refractivity (Wildman–Crippen MR) is 73.1 cm³/mol. The van der Waals surface area contributed by atoms with E-state index >= 15 is 0 Å². The molecular weight excluding hydrogens is 246 g/mol. The van der Waals surface area contributed by atoms with Crippen molar-refractivity contribution in [1.82, 2.24) is 0 Å². The second-order valence-corrected chi connectivity index (χ2v) is 4.91. The third kappa shape index (κ3) is 1.88. The Balaban J connectivity index is 1.96. The predicted octanol–water partition coefficient (Wildman–Crippen LogP) is 3.52. The van der Waals surface area contributed by atoms with E-state index in [2.05, 4.69) is 6.07 Å². The highest BCUT2D eigenvalue weighted by Gasteiger charge is 2.30. The number of halogens is 1. The summed E-state index contributed by atoms with van der Waals surface area (Å²) in [5.41, 5.74) is 8.50. The molecule has 1 aliphatic rings. The van der Waals surface area contributed by atoms with Crippen LogP contribution in [0.4, 0.5) is 0 Å². The third-order valence-electron chi connectivity index (χ3n) is 3.43. The van der Waals surface area contributed by atoms with Gasteiger partial charge < -0.3 is 10.5 Å². The lowest BCUT2D eigenvalue weighted by atomic mass is 9.89. The lowest BCUT2D eigenvalue weighted by molar-refractivity contribution is 0.315. The standard InChI is InChI=1S/C15H14ClNO/c16-13-7-3-1-6-11(13)15(17)12-9-18-14-8-4-2-5-10(12)14/h1-8,12,15H,9,17H2. The van der Waals surface area contributed by atoms with Gasteiger partial charge in [0.15, 0.2) is 0 Å². The lowest BCUT2D eigenvalue weighted by Gasteiger charge is -2.19. The molecule has 0 aromatic heterocycles. The maximum absolute atomic E-state index is 6.35. The van der Waals surface area contributed by atoms with Gasteiger partial charge in [0.1, 0.15) is 5.75 Å². The van der Waals surface area contributed by atoms with Gasteiger partial charge in [-0.1, -0.05) is 48.0 Å². The molecule has 0 radical (unpaired) electrons. The van der Waals surface area contributed by atoms with E-state index in [4.69, 9.17) is 22.1 Å². The summed E-state index contributed by atoms with van der Waals surface area (Å²) in [6, 6.07) is 15.6. The summed E-state index contributed by atoms with van der Waals surface area (Å²) in [5.74, 6) is 1.10. The molecule has 0 bridgehead atoms. The SMILES string of the molecule is NC(c1ccccc1Cl)C1COc2ccccc21. The molecule has 1 heterocycles. The van der Waals surface area contributed by atoms with Crippen molar-refractivity contribution in [3.63, 3.8) is 0 Å². The van der Waals surface area contributed by atoms with Gasteiger partial charge in [-0.25, -0.2) is 0 Å². The van der Waals surface area contributed by atoms with E-state index < -0.39 is 0 Å². The number of para-hydroxylation sites is 1. The van der Waals surface area contributed by atoms with Crippen LogP contribution >= 0.6 is 11.6 Å². The molecule has 2 unspecified atom stereocenters. The molecule has 2 atom stereocenters. The fourth-order valence-corrected chi connectivity index (χ4v) is 2.71. The number of rotatable bonds is 2. The van der Waals surface area contributed by atoms with Crippen molar-refractivity contribution in [3.05, 3.63) is 64.7 Å². The number of hydrogen-bond acceptors (Lipinski definition) is 2. The minimum absolute atomic E-state index is 0.137. The van der Waals surface area contributed by atoms with E-state index in [0.29, 0.717) is 6.61 Å². The third-order valence-corrected chi connectivity index (χ3v) is 3.78. The van der Waals surface area contributed by atoms with Gasteiger partial charge in [0.05, 0.1) is 6.61 Å². The fraction of sp³-hybridized carbons (Fsp3) is 0.200. The van der Waals surface area contributed by atoms with Crippen molar-refractivity contribution >= 4 is 11.6 Å². The Kier molecular flexibility index (Phi) is 2.98. The minimum atomic E-state index is -0.137. The maximum Gasteiger partial charge on any atom is 0.122 e. The Morgan fingerprint density at radius 3 is 2.67 bits per heavy atom. The molecule has 3 rings (SSSR count). The van der Waals surface area contributed by atoms with E-state index in [0.717, 1.165) is 16.3 Å². The molecule has 0 amide bonds. The lowest BCUT2D eigenvalue weighted by Crippen LogP contribution is -2.21. The zero-order chi connectivity index (χ0) is 12.5. The van der Waals surface area contributed by atoms with Crippen LogP contribution in [-0.4, -0.2) is 6.61 Å². The molecule has 2 aromatic carbocycles. The first-order valence-corrected chi connectivity index (χ1v) is 6.37. The van der Waals surface area contributed by atoms with Crippen molar-refractivity contribution in [2.45, 2.75) is 12.0 Å². The van der Waals surface area contributed by atoms with Crippen LogP contribution in [0.1, 0.15) is 23.1 Å². The zero-order valence-corrected chi connectivity index (χ0v) is 10.6. The molecule has 0 saturated heterocycles. The van der Waals surface area contributed by atoms with Gasteiger partial charge in [-0.05, 0) is 17.7 Å². The molecular formula is C15H14ClNO. The molecule has 0 fully saturated rings. The molecule has 2 aromatic rings. The van der Waals surface area contributed by atoms with Crippen LogP contribution in [0, 0.1) is 0 Å². The number of hydrogen-bond donors (Lipinski definition) is 1. The van der Waals surface area contributed by atoms with Crippen LogP contribution in [0.5, 0.6) is 5.75 Å². The first-order valence-electron chi connectivity index (χ1n) is 5.99. The first kappa shape index (κ1) is 11.6. The number of fused-ring (bicyclic) bond motifs is 1. The topological polar surface area (TPSA) is 35.2 Å². The number of ether oxygens (including phenoxy) is 1. The normalized spacial score (nSPS) is 19.1. The highest BCUT2D eigenvalue weighted by atomic mass is 35.5. The van der Waals surface area contributed by atoms with Gasteiger partial charge in [0, 0.05) is 22.5 Å². The smallest absolute Gasteiger partial charge is 0.122 e. The molecule has 1 aliphatic heterocycles. The average Bonchev–Trinajstić information content (AvgIpc) is 2.82. The van der Waals surface area contributed by atoms with Gasteiger partial charge in [-0.15, -0.1) is 0 Å². The van der Waals surface area contributed by atoms with E-state index in [1.54, 1.807) is 0 Å². The Bertz CT molecular complexity index is 570. The summed E-state index contributed by atoms with van der Waals surface area (Å²) in [6.45, 7) is 0.617. The summed E-state index contributed by atoms with van der Waals surface area (Å²) < 4.78 is 5.67. The summed E-state index contributed by atoms with van der Waals surface area (Å²) in [7, 11) is 0. The van der Waals surface area contributed by atoms with Crippen LogP contribution in [0.2, 0.25) is 5.02 Å². The monoisotopic (exact) mass is 259 g/mol. The Morgan fingerprint density at radius 2 is 1.83 bits per heavy atom. The Labute approximate surface area is 111 Å². The van der Waals surface area contributed by atoms with E-state index in [-0.39, 0.29) is 12.0 Å². The summed E-state index contributed by atoms with van der Waals surface area (Å²) >= 11 is 6.20. The largest absolute Gasteiger partial charge is 0.493 e. The maximum atomic E-state index is 6.35. The van der Waals surface area contributed by atoms with E-state index in [1.165, 1.54) is 5.56 Å². The highest BCUT2D eigenvalue weighted by Crippen LogP contribution is 2.41. The van der Waals surface area contributed by atoms with Gasteiger partial charge in [-0.2, -0.15) is 0 Å². The van der Waals surface area contributed by atoms with E-state index in [9.17, 15) is 0 Å². The van der Waals surface area contributed by atoms with Crippen LogP contribution < -0.4 is 10.5 Å². The summed E-state index contributed by atoms with van der Waals surface area (Å²) in [4.78, 5) is 0. The Morgan fingerprint density at radius 1 is 1.11 bits per heavy atom. The quantitative estimate of drug-likeness (QED) is 0.896. The minimum Gasteiger partial charge on any atom is -0.493 e. The first-order chi connectivity index (χ1) is 8.77. The second kappa shape index (κ2) is 4.63. The van der Waals surface area contributed by atoms with Gasteiger partial charge in [0.2, 0.25) is 0 Å². The zero-order valence-electron chi connectivity index (χ0n) is 9.84. The van der Waals surface area contributed by atoms with Gasteiger partial charge >= 0.3 is 0 Å². The molecule has 3 heteroatoms. The Hall–Kier alpha value is -1.51. The molecule has 0 aliphatic carbocycles. The van der Waals surface area contributed by atoms with Crippen LogP contribution in [0.25, 0.3) is 0 Å². The van der Waals surface area contributed by atoms with Crippen molar-refractivity contribution in [1.29, 1.82) is 0 Å². The number of benzene rings is 2. The van der Waals surface area contributed by atoms with Crippen molar-refractivity contribution in [2.24, 2.45) is 5.73 Å². The van der Waals surface area contributed by atoms with Gasteiger partial charge in [-0.3, -0.25) is 0 Å². The fourth-order valence-electron chi connectivity index (χ4n) is 2.45. The van der Waals surface area contributed by atoms with Gasteiger partial charge in [0.25, 0.3) is 0 Å². The van der Waals surface area contributed by atoms with Crippen molar-refractivity contribution in [3.8, 4) is 5.75 Å². The molecule has 18 heavy (non-hydrogen) atoms. The van der Waals surface area contributed by atoms with Crippen LogP contribution in [-0.2, 0) is 0 Å². The molecule has 2 N–H and O–H groups in total. The number of nitrogens with two attached hydrogens (primary N) is 1. The van der Waals surface area contributed by atoms with Crippen molar-refractivity contribution < 1.29 is 4.74 Å². The summed E-state index contributed by atoms with van der Waals surface area (Å²) in [5, 5.41) is 0.717. The highest BCUT2D eigenvalue weighted by molar-refractivity contribution is 6.31. The average molecular weight is 260 g/mol. The molecule has 92 valence electrons. The van der Waals surface area contributed by atoms with E-state index in [1.807, 2.05) is 42.5 Å². The molecule has 0 spiro atoms. The molecule has 0 saturated carbocycles. The van der Waals surface area contributed by atoms with Crippen LogP contribution in [0.3, 0.4) is 0 Å². The summed E-state index contributed by atoms with van der Waals surface area (Å²) in [6.07, 6.45) is 0. The van der Waals surface area contributed by atoms with Crippen LogP contribution in [0.15, 0.2) is 48.5 Å². The molecule has 2 nitrogen and oxygen atoms in total.